The normalized spacial score (nSPS) is 14.5. The highest BCUT2D eigenvalue weighted by atomic mass is 127. The first-order valence-electron chi connectivity index (χ1n) is 9.26. The monoisotopic (exact) mass is 505 g/mol. The summed E-state index contributed by atoms with van der Waals surface area (Å²) in [6.07, 6.45) is 2.65. The third-order valence-electron chi connectivity index (χ3n) is 3.96. The Hall–Kier alpha value is -2.68. The fraction of sp³-hybridized carbons (Fsp3) is 0.227. The molecule has 1 aliphatic rings. The van der Waals surface area contributed by atoms with Crippen LogP contribution in [0.1, 0.15) is 37.8 Å². The van der Waals surface area contributed by atoms with E-state index < -0.39 is 5.97 Å². The second-order valence-corrected chi connectivity index (χ2v) is 7.45. The highest BCUT2D eigenvalue weighted by Gasteiger charge is 2.24. The Morgan fingerprint density at radius 2 is 1.90 bits per heavy atom. The molecule has 29 heavy (non-hydrogen) atoms. The lowest BCUT2D eigenvalue weighted by molar-refractivity contribution is -0.134. The molecule has 0 bridgehead atoms. The summed E-state index contributed by atoms with van der Waals surface area (Å²) in [5.74, 6) is 0.220. The third kappa shape index (κ3) is 5.44. The van der Waals surface area contributed by atoms with E-state index in [0.29, 0.717) is 36.5 Å². The quantitative estimate of drug-likeness (QED) is 0.235. The van der Waals surface area contributed by atoms with Crippen LogP contribution in [-0.2, 0) is 14.3 Å². The number of aliphatic imine (C=N–C) groups is 1. The van der Waals surface area contributed by atoms with E-state index in [0.717, 1.165) is 9.13 Å². The lowest BCUT2D eigenvalue weighted by Gasteiger charge is -2.11. The minimum absolute atomic E-state index is 0.191. The number of halogens is 1. The Kier molecular flexibility index (Phi) is 7.03. The highest BCUT2D eigenvalue weighted by molar-refractivity contribution is 14.1. The summed E-state index contributed by atoms with van der Waals surface area (Å²) in [6.45, 7) is 4.16. The van der Waals surface area contributed by atoms with Gasteiger partial charge < -0.3 is 14.2 Å². The van der Waals surface area contributed by atoms with Crippen molar-refractivity contribution in [2.45, 2.75) is 26.7 Å². The van der Waals surface area contributed by atoms with Gasteiger partial charge in [-0.1, -0.05) is 13.0 Å². The maximum absolute atomic E-state index is 12.2. The summed E-state index contributed by atoms with van der Waals surface area (Å²) < 4.78 is 17.3. The minimum atomic E-state index is -0.519. The minimum Gasteiger partial charge on any atom is -0.490 e. The van der Waals surface area contributed by atoms with Crippen LogP contribution < -0.4 is 9.47 Å². The molecule has 0 saturated carbocycles. The molecule has 0 radical (unpaired) electrons. The van der Waals surface area contributed by atoms with Gasteiger partial charge in [-0.05, 0) is 84.0 Å². The molecule has 7 heteroatoms. The smallest absolute Gasteiger partial charge is 0.363 e. The van der Waals surface area contributed by atoms with Gasteiger partial charge in [0.25, 0.3) is 0 Å². The van der Waals surface area contributed by atoms with Crippen LogP contribution >= 0.6 is 22.6 Å². The summed E-state index contributed by atoms with van der Waals surface area (Å²) in [5, 5.41) is 0. The molecule has 0 unspecified atom stereocenters. The largest absolute Gasteiger partial charge is 0.490 e. The Balaban J connectivity index is 1.86. The number of benzene rings is 2. The van der Waals surface area contributed by atoms with Crippen molar-refractivity contribution in [2.24, 2.45) is 4.99 Å². The topological polar surface area (TPSA) is 74.2 Å². The number of nitrogens with zero attached hydrogens (tertiary/aromatic N) is 1. The predicted molar refractivity (Wildman–Crippen MR) is 118 cm³/mol. The molecule has 2 aromatic rings. The first-order chi connectivity index (χ1) is 14.0. The van der Waals surface area contributed by atoms with Crippen molar-refractivity contribution in [3.8, 4) is 11.5 Å². The van der Waals surface area contributed by atoms with Gasteiger partial charge in [0.05, 0.1) is 6.61 Å². The van der Waals surface area contributed by atoms with Crippen molar-refractivity contribution < 1.29 is 23.8 Å². The number of cyclic esters (lactones) is 1. The zero-order valence-electron chi connectivity index (χ0n) is 16.1. The van der Waals surface area contributed by atoms with E-state index in [2.05, 4.69) is 27.6 Å². The SMILES string of the molecule is CCCC(=O)Oc1ccc(/C=C2\N=C(c3ccc(I)cc3)OC2=O)cc1OCC. The van der Waals surface area contributed by atoms with E-state index in [1.165, 1.54) is 0 Å². The summed E-state index contributed by atoms with van der Waals surface area (Å²) in [6, 6.07) is 12.6. The number of hydrogen-bond donors (Lipinski definition) is 0. The van der Waals surface area contributed by atoms with Crippen molar-refractivity contribution >= 4 is 46.5 Å². The molecule has 150 valence electrons. The van der Waals surface area contributed by atoms with Crippen molar-refractivity contribution in [1.82, 2.24) is 0 Å². The number of hydrogen-bond acceptors (Lipinski definition) is 6. The van der Waals surface area contributed by atoms with Gasteiger partial charge in [0.15, 0.2) is 17.2 Å². The predicted octanol–water partition coefficient (Wildman–Crippen LogP) is 4.74. The van der Waals surface area contributed by atoms with E-state index >= 15 is 0 Å². The van der Waals surface area contributed by atoms with Crippen molar-refractivity contribution in [3.63, 3.8) is 0 Å². The van der Waals surface area contributed by atoms with Crippen molar-refractivity contribution in [3.05, 3.63) is 62.9 Å². The van der Waals surface area contributed by atoms with Crippen LogP contribution in [0, 0.1) is 3.57 Å². The van der Waals surface area contributed by atoms with Crippen LogP contribution in [0.25, 0.3) is 6.08 Å². The number of carbonyl (C=O) groups excluding carboxylic acids is 2. The fourth-order valence-corrected chi connectivity index (χ4v) is 2.99. The van der Waals surface area contributed by atoms with E-state index in [1.807, 2.05) is 38.1 Å². The van der Waals surface area contributed by atoms with Crippen molar-refractivity contribution in [1.29, 1.82) is 0 Å². The number of carbonyl (C=O) groups is 2. The lowest BCUT2D eigenvalue weighted by Crippen LogP contribution is -2.08. The molecule has 0 aromatic heterocycles. The maximum Gasteiger partial charge on any atom is 0.363 e. The molecule has 6 nitrogen and oxygen atoms in total. The van der Waals surface area contributed by atoms with Crippen molar-refractivity contribution in [2.75, 3.05) is 6.61 Å². The van der Waals surface area contributed by atoms with Crippen LogP contribution in [0.2, 0.25) is 0 Å². The summed E-state index contributed by atoms with van der Waals surface area (Å²) >= 11 is 2.20. The Morgan fingerprint density at radius 3 is 2.59 bits per heavy atom. The second-order valence-electron chi connectivity index (χ2n) is 6.21. The molecular formula is C22H20INO5. The molecule has 0 fully saturated rings. The van der Waals surface area contributed by atoms with E-state index in [4.69, 9.17) is 14.2 Å². The second kappa shape index (κ2) is 9.69. The molecule has 0 N–H and O–H groups in total. The van der Waals surface area contributed by atoms with Gasteiger partial charge in [0.2, 0.25) is 5.90 Å². The van der Waals surface area contributed by atoms with Gasteiger partial charge in [-0.2, -0.15) is 0 Å². The molecule has 3 rings (SSSR count). The van der Waals surface area contributed by atoms with Crippen LogP contribution in [0.4, 0.5) is 0 Å². The third-order valence-corrected chi connectivity index (χ3v) is 4.68. The Bertz CT molecular complexity index is 979. The van der Waals surface area contributed by atoms with E-state index in [9.17, 15) is 9.59 Å². The number of ether oxygens (including phenoxy) is 3. The molecule has 1 aliphatic heterocycles. The summed E-state index contributed by atoms with van der Waals surface area (Å²) in [5.41, 5.74) is 1.61. The molecule has 2 aromatic carbocycles. The van der Waals surface area contributed by atoms with Gasteiger partial charge in [-0.25, -0.2) is 9.79 Å². The van der Waals surface area contributed by atoms with Crippen LogP contribution in [0.3, 0.4) is 0 Å². The highest BCUT2D eigenvalue weighted by Crippen LogP contribution is 2.30. The lowest BCUT2D eigenvalue weighted by atomic mass is 10.1. The Labute approximate surface area is 182 Å². The summed E-state index contributed by atoms with van der Waals surface area (Å²) in [7, 11) is 0. The molecule has 0 spiro atoms. The fourth-order valence-electron chi connectivity index (χ4n) is 2.63. The zero-order valence-corrected chi connectivity index (χ0v) is 18.3. The number of esters is 2. The molecule has 0 aliphatic carbocycles. The molecule has 0 saturated heterocycles. The van der Waals surface area contributed by atoms with E-state index in [1.54, 1.807) is 24.3 Å². The standard InChI is InChI=1S/C22H20INO5/c1-3-5-20(25)28-18-11-6-14(13-19(18)27-4-2)12-17-22(26)29-21(24-17)15-7-9-16(23)10-8-15/h6-13H,3-5H2,1-2H3/b17-12-. The molecule has 1 heterocycles. The van der Waals surface area contributed by atoms with Crippen LogP contribution in [-0.4, -0.2) is 24.4 Å². The van der Waals surface area contributed by atoms with Crippen LogP contribution in [0.15, 0.2) is 53.2 Å². The number of rotatable bonds is 7. The van der Waals surface area contributed by atoms with Gasteiger partial charge in [-0.15, -0.1) is 0 Å². The Morgan fingerprint density at radius 1 is 1.14 bits per heavy atom. The summed E-state index contributed by atoms with van der Waals surface area (Å²) in [4.78, 5) is 28.3. The average molecular weight is 505 g/mol. The zero-order chi connectivity index (χ0) is 20.8. The van der Waals surface area contributed by atoms with Gasteiger partial charge >= 0.3 is 11.9 Å². The van der Waals surface area contributed by atoms with E-state index in [-0.39, 0.29) is 17.6 Å². The first kappa shape index (κ1) is 21.0. The van der Waals surface area contributed by atoms with Gasteiger partial charge in [0, 0.05) is 15.6 Å². The average Bonchev–Trinajstić information content (AvgIpc) is 3.05. The first-order valence-corrected chi connectivity index (χ1v) is 10.3. The molecule has 0 amide bonds. The van der Waals surface area contributed by atoms with Crippen LogP contribution in [0.5, 0.6) is 11.5 Å². The molecular weight excluding hydrogens is 485 g/mol. The maximum atomic E-state index is 12.2. The molecule has 0 atom stereocenters. The van der Waals surface area contributed by atoms with Gasteiger partial charge in [-0.3, -0.25) is 4.79 Å². The van der Waals surface area contributed by atoms with Gasteiger partial charge in [0.1, 0.15) is 0 Å².